The molecule has 0 aliphatic carbocycles. The zero-order chi connectivity index (χ0) is 28.4. The number of urea groups is 1. The van der Waals surface area contributed by atoms with Crippen molar-refractivity contribution >= 4 is 34.6 Å². The Morgan fingerprint density at radius 1 is 0.900 bits per heavy atom. The number of hydrogen-bond acceptors (Lipinski definition) is 7. The van der Waals surface area contributed by atoms with Crippen LogP contribution in [0.4, 0.5) is 10.5 Å². The summed E-state index contributed by atoms with van der Waals surface area (Å²) in [6.07, 6.45) is 0.209. The van der Waals surface area contributed by atoms with Crippen molar-refractivity contribution in [1.82, 2.24) is 9.88 Å². The van der Waals surface area contributed by atoms with E-state index in [0.29, 0.717) is 17.1 Å². The molecular weight excluding hydrogens is 514 g/mol. The monoisotopic (exact) mass is 543 g/mol. The van der Waals surface area contributed by atoms with Crippen molar-refractivity contribution in [2.24, 2.45) is 0 Å². The van der Waals surface area contributed by atoms with Crippen molar-refractivity contribution in [1.29, 1.82) is 0 Å². The molecule has 206 valence electrons. The number of nitrogens with one attached hydrogen (secondary N) is 2. The van der Waals surface area contributed by atoms with E-state index in [1.54, 1.807) is 49.6 Å². The predicted octanol–water partition coefficient (Wildman–Crippen LogP) is 4.69. The maximum Gasteiger partial charge on any atom is 0.339 e. The average Bonchev–Trinajstić information content (AvgIpc) is 3.37. The van der Waals surface area contributed by atoms with Crippen molar-refractivity contribution in [3.05, 3.63) is 89.1 Å². The Bertz CT molecular complexity index is 1600. The van der Waals surface area contributed by atoms with Crippen molar-refractivity contribution in [3.63, 3.8) is 0 Å². The number of carbonyl (C=O) groups is 3. The quantitative estimate of drug-likeness (QED) is 0.339. The van der Waals surface area contributed by atoms with E-state index in [-0.39, 0.29) is 17.7 Å². The van der Waals surface area contributed by atoms with Crippen LogP contribution < -0.4 is 14.8 Å². The van der Waals surface area contributed by atoms with Crippen LogP contribution >= 0.6 is 0 Å². The highest BCUT2D eigenvalue weighted by molar-refractivity contribution is 6.02. The molecule has 5 rings (SSSR count). The number of methoxy groups -OCH3 is 4. The average molecular weight is 544 g/mol. The summed E-state index contributed by atoms with van der Waals surface area (Å²) >= 11 is 0. The van der Waals surface area contributed by atoms with Gasteiger partial charge in [0.1, 0.15) is 23.6 Å². The zero-order valence-corrected chi connectivity index (χ0v) is 22.5. The van der Waals surface area contributed by atoms with E-state index < -0.39 is 30.1 Å². The molecule has 0 fully saturated rings. The summed E-state index contributed by atoms with van der Waals surface area (Å²) in [6, 6.07) is 17.1. The van der Waals surface area contributed by atoms with Gasteiger partial charge in [0, 0.05) is 28.6 Å². The Labute approximate surface area is 230 Å². The van der Waals surface area contributed by atoms with E-state index in [4.69, 9.17) is 18.9 Å². The Morgan fingerprint density at radius 3 is 2.38 bits per heavy atom. The van der Waals surface area contributed by atoms with Gasteiger partial charge in [-0.25, -0.2) is 14.4 Å². The van der Waals surface area contributed by atoms with Crippen LogP contribution in [0.5, 0.6) is 11.5 Å². The number of amides is 2. The highest BCUT2D eigenvalue weighted by Gasteiger charge is 2.45. The standard InChI is InChI=1S/C30H29N3O7/c1-37-17-13-14-25(38-2)21(15-17)27-26-20(18-9-5-7-11-22(18)31-26)16-24(29(35)40-4)33(27)30(36)32-23-12-8-6-10-19(23)28(34)39-3/h5-15,24,27,31H,16H2,1-4H3,(H,32,36)/t24-,27?/m0/s1. The normalized spacial score (nSPS) is 16.1. The van der Waals surface area contributed by atoms with Crippen molar-refractivity contribution in [2.75, 3.05) is 33.8 Å². The lowest BCUT2D eigenvalue weighted by molar-refractivity contribution is -0.146. The summed E-state index contributed by atoms with van der Waals surface area (Å²) in [5.74, 6) is -0.152. The van der Waals surface area contributed by atoms with E-state index in [1.807, 2.05) is 24.3 Å². The van der Waals surface area contributed by atoms with E-state index in [0.717, 1.165) is 22.2 Å². The Balaban J connectivity index is 1.73. The summed E-state index contributed by atoms with van der Waals surface area (Å²) in [5.41, 5.74) is 3.48. The molecule has 1 aliphatic rings. The van der Waals surface area contributed by atoms with Crippen LogP contribution in [0.1, 0.15) is 33.2 Å². The molecule has 2 N–H and O–H groups in total. The van der Waals surface area contributed by atoms with Gasteiger partial charge in [0.25, 0.3) is 0 Å². The molecule has 1 unspecified atom stereocenters. The fourth-order valence-electron chi connectivity index (χ4n) is 5.29. The number of aromatic amines is 1. The van der Waals surface area contributed by atoms with Crippen LogP contribution in [-0.4, -0.2) is 62.3 Å². The smallest absolute Gasteiger partial charge is 0.339 e. The first-order chi connectivity index (χ1) is 19.4. The van der Waals surface area contributed by atoms with Gasteiger partial charge in [-0.15, -0.1) is 0 Å². The first kappa shape index (κ1) is 26.6. The number of fused-ring (bicyclic) bond motifs is 3. The minimum Gasteiger partial charge on any atom is -0.497 e. The van der Waals surface area contributed by atoms with E-state index in [2.05, 4.69) is 10.3 Å². The van der Waals surface area contributed by atoms with E-state index >= 15 is 0 Å². The molecule has 1 aliphatic heterocycles. The number of carbonyl (C=O) groups excluding carboxylic acids is 3. The fraction of sp³-hybridized carbons (Fsp3) is 0.233. The molecule has 2 amide bonds. The summed E-state index contributed by atoms with van der Waals surface area (Å²) in [6.45, 7) is 0. The number of hydrogen-bond donors (Lipinski definition) is 2. The molecule has 3 aromatic carbocycles. The number of anilines is 1. The number of esters is 2. The molecule has 2 heterocycles. The van der Waals surface area contributed by atoms with Crippen molar-refractivity contribution in [2.45, 2.75) is 18.5 Å². The van der Waals surface area contributed by atoms with E-state index in [9.17, 15) is 14.4 Å². The highest BCUT2D eigenvalue weighted by atomic mass is 16.5. The summed E-state index contributed by atoms with van der Waals surface area (Å²) in [7, 11) is 5.64. The minimum absolute atomic E-state index is 0.173. The number of nitrogens with zero attached hydrogens (tertiary/aromatic N) is 1. The largest absolute Gasteiger partial charge is 0.497 e. The predicted molar refractivity (Wildman–Crippen MR) is 148 cm³/mol. The Hall–Kier alpha value is -4.99. The first-order valence-corrected chi connectivity index (χ1v) is 12.6. The minimum atomic E-state index is -0.997. The SMILES string of the molecule is COC(=O)c1ccccc1NC(=O)N1C(c2cc(OC)ccc2OC)c2[nH]c3ccccc3c2C[C@H]1C(=O)OC. The molecule has 4 aromatic rings. The Morgan fingerprint density at radius 2 is 1.65 bits per heavy atom. The maximum absolute atomic E-state index is 14.2. The van der Waals surface area contributed by atoms with Crippen LogP contribution in [0.15, 0.2) is 66.7 Å². The van der Waals surface area contributed by atoms with Crippen LogP contribution in [0.2, 0.25) is 0 Å². The van der Waals surface area contributed by atoms with Gasteiger partial charge in [0.05, 0.1) is 39.7 Å². The molecule has 0 radical (unpaired) electrons. The van der Waals surface area contributed by atoms with Crippen LogP contribution in [-0.2, 0) is 20.7 Å². The van der Waals surface area contributed by atoms with Gasteiger partial charge in [-0.3, -0.25) is 4.90 Å². The fourth-order valence-corrected chi connectivity index (χ4v) is 5.29. The van der Waals surface area contributed by atoms with Gasteiger partial charge < -0.3 is 29.2 Å². The van der Waals surface area contributed by atoms with Gasteiger partial charge in [-0.05, 0) is 42.0 Å². The third-order valence-electron chi connectivity index (χ3n) is 7.14. The van der Waals surface area contributed by atoms with Gasteiger partial charge in [0.15, 0.2) is 0 Å². The number of benzene rings is 3. The molecular formula is C30H29N3O7. The number of ether oxygens (including phenoxy) is 4. The van der Waals surface area contributed by atoms with Gasteiger partial charge in [-0.1, -0.05) is 30.3 Å². The van der Waals surface area contributed by atoms with Gasteiger partial charge >= 0.3 is 18.0 Å². The number of H-pyrrole nitrogens is 1. The van der Waals surface area contributed by atoms with Crippen molar-refractivity contribution in [3.8, 4) is 11.5 Å². The van der Waals surface area contributed by atoms with Crippen LogP contribution in [0, 0.1) is 0 Å². The van der Waals surface area contributed by atoms with Crippen molar-refractivity contribution < 1.29 is 33.3 Å². The topological polar surface area (TPSA) is 119 Å². The number of para-hydroxylation sites is 2. The second-order valence-corrected chi connectivity index (χ2v) is 9.19. The molecule has 10 nitrogen and oxygen atoms in total. The third kappa shape index (κ3) is 4.57. The zero-order valence-electron chi connectivity index (χ0n) is 22.5. The molecule has 0 saturated carbocycles. The summed E-state index contributed by atoms with van der Waals surface area (Å²) in [5, 5.41) is 3.77. The molecule has 1 aromatic heterocycles. The Kier molecular flexibility index (Phi) is 7.33. The maximum atomic E-state index is 14.2. The lowest BCUT2D eigenvalue weighted by Gasteiger charge is -2.41. The lowest BCUT2D eigenvalue weighted by atomic mass is 9.87. The summed E-state index contributed by atoms with van der Waals surface area (Å²) in [4.78, 5) is 44.8. The first-order valence-electron chi connectivity index (χ1n) is 12.6. The second kappa shape index (κ2) is 11.0. The number of rotatable bonds is 6. The van der Waals surface area contributed by atoms with Gasteiger partial charge in [-0.2, -0.15) is 0 Å². The molecule has 0 saturated heterocycles. The molecule has 40 heavy (non-hydrogen) atoms. The highest BCUT2D eigenvalue weighted by Crippen LogP contribution is 2.45. The molecule has 2 atom stereocenters. The number of aromatic nitrogens is 1. The van der Waals surface area contributed by atoms with Crippen LogP contribution in [0.25, 0.3) is 10.9 Å². The van der Waals surface area contributed by atoms with Crippen LogP contribution in [0.3, 0.4) is 0 Å². The molecule has 0 spiro atoms. The molecule has 0 bridgehead atoms. The second-order valence-electron chi connectivity index (χ2n) is 9.19. The lowest BCUT2D eigenvalue weighted by Crippen LogP contribution is -2.53. The van der Waals surface area contributed by atoms with E-state index in [1.165, 1.54) is 26.2 Å². The molecule has 10 heteroatoms. The van der Waals surface area contributed by atoms with Gasteiger partial charge in [0.2, 0.25) is 0 Å². The summed E-state index contributed by atoms with van der Waals surface area (Å²) < 4.78 is 21.3. The third-order valence-corrected chi connectivity index (χ3v) is 7.14.